The van der Waals surface area contributed by atoms with Crippen molar-refractivity contribution < 1.29 is 4.79 Å². The van der Waals surface area contributed by atoms with Crippen molar-refractivity contribution >= 4 is 50.6 Å². The van der Waals surface area contributed by atoms with Crippen molar-refractivity contribution in [1.29, 1.82) is 0 Å². The topological polar surface area (TPSA) is 54.9 Å². The average Bonchev–Trinajstić information content (AvgIpc) is 2.68. The molecule has 0 aromatic carbocycles. The lowest BCUT2D eigenvalue weighted by Gasteiger charge is -2.02. The lowest BCUT2D eigenvalue weighted by atomic mass is 10.4. The van der Waals surface area contributed by atoms with Gasteiger partial charge < -0.3 is 5.32 Å². The van der Waals surface area contributed by atoms with Gasteiger partial charge in [-0.2, -0.15) is 0 Å². The Balaban J connectivity index is 2.14. The van der Waals surface area contributed by atoms with Gasteiger partial charge in [0.25, 0.3) is 5.91 Å². The summed E-state index contributed by atoms with van der Waals surface area (Å²) in [5.41, 5.74) is 0. The average molecular weight is 319 g/mol. The first-order chi connectivity index (χ1) is 7.66. The normalized spacial score (nSPS) is 10.1. The zero-order valence-electron chi connectivity index (χ0n) is 7.78. The maximum absolute atomic E-state index is 11.7. The number of carbonyl (C=O) groups excluding carboxylic acids is 1. The second-order valence-corrected chi connectivity index (χ2v) is 4.91. The fraction of sp³-hybridized carbons (Fsp3) is 0. The van der Waals surface area contributed by atoms with Crippen LogP contribution in [0.5, 0.6) is 0 Å². The van der Waals surface area contributed by atoms with E-state index in [1.807, 2.05) is 0 Å². The van der Waals surface area contributed by atoms with E-state index in [0.717, 1.165) is 0 Å². The van der Waals surface area contributed by atoms with Crippen LogP contribution in [0, 0.1) is 0 Å². The van der Waals surface area contributed by atoms with E-state index >= 15 is 0 Å². The molecule has 0 saturated heterocycles. The van der Waals surface area contributed by atoms with Crippen molar-refractivity contribution in [3.63, 3.8) is 0 Å². The Morgan fingerprint density at radius 2 is 2.25 bits per heavy atom. The molecule has 0 aliphatic carbocycles. The number of halogens is 2. The molecule has 82 valence electrons. The summed E-state index contributed by atoms with van der Waals surface area (Å²) in [5.74, 6) is 0.106. The van der Waals surface area contributed by atoms with Crippen LogP contribution >= 0.6 is 38.9 Å². The molecule has 0 bridgehead atoms. The van der Waals surface area contributed by atoms with Crippen LogP contribution < -0.4 is 5.32 Å². The molecule has 0 radical (unpaired) electrons. The van der Waals surface area contributed by atoms with Crippen LogP contribution in [0.25, 0.3) is 0 Å². The number of aromatic nitrogens is 2. The fourth-order valence-electron chi connectivity index (χ4n) is 1.01. The zero-order chi connectivity index (χ0) is 11.5. The standard InChI is InChI=1S/C9H5BrClN3OS/c10-6-3-13-7(4-12-6)14-9(15)8-5(11)1-2-16-8/h1-4H,(H,13,14,15). The predicted molar refractivity (Wildman–Crippen MR) is 67.0 cm³/mol. The summed E-state index contributed by atoms with van der Waals surface area (Å²) in [4.78, 5) is 20.1. The van der Waals surface area contributed by atoms with Gasteiger partial charge in [-0.25, -0.2) is 9.97 Å². The molecule has 0 aliphatic heterocycles. The summed E-state index contributed by atoms with van der Waals surface area (Å²) in [6.45, 7) is 0. The third kappa shape index (κ3) is 2.58. The van der Waals surface area contributed by atoms with Crippen LogP contribution in [0.1, 0.15) is 9.67 Å². The van der Waals surface area contributed by atoms with E-state index in [2.05, 4.69) is 31.2 Å². The van der Waals surface area contributed by atoms with Gasteiger partial charge in [0, 0.05) is 0 Å². The Bertz CT molecular complexity index is 514. The predicted octanol–water partition coefficient (Wildman–Crippen LogP) is 3.21. The molecule has 2 aromatic rings. The molecule has 1 amide bonds. The van der Waals surface area contributed by atoms with Gasteiger partial charge in [-0.1, -0.05) is 11.6 Å². The molecule has 0 aliphatic rings. The van der Waals surface area contributed by atoms with Gasteiger partial charge in [0.15, 0.2) is 5.82 Å². The van der Waals surface area contributed by atoms with E-state index in [0.29, 0.717) is 20.3 Å². The molecule has 2 heterocycles. The van der Waals surface area contributed by atoms with Gasteiger partial charge in [0.1, 0.15) is 9.48 Å². The minimum atomic E-state index is -0.281. The summed E-state index contributed by atoms with van der Waals surface area (Å²) in [6.07, 6.45) is 2.97. The molecule has 0 unspecified atom stereocenters. The molecular weight excluding hydrogens is 314 g/mol. The first-order valence-electron chi connectivity index (χ1n) is 4.18. The Hall–Kier alpha value is -0.980. The number of carbonyl (C=O) groups is 1. The molecule has 2 rings (SSSR count). The minimum absolute atomic E-state index is 0.281. The van der Waals surface area contributed by atoms with E-state index in [1.54, 1.807) is 11.4 Å². The Labute approximate surface area is 109 Å². The monoisotopic (exact) mass is 317 g/mol. The zero-order valence-corrected chi connectivity index (χ0v) is 10.9. The van der Waals surface area contributed by atoms with Crippen molar-refractivity contribution in [2.75, 3.05) is 5.32 Å². The number of amides is 1. The third-order valence-electron chi connectivity index (χ3n) is 1.69. The maximum atomic E-state index is 11.7. The van der Waals surface area contributed by atoms with Crippen LogP contribution in [0.3, 0.4) is 0 Å². The van der Waals surface area contributed by atoms with E-state index in [9.17, 15) is 4.79 Å². The lowest BCUT2D eigenvalue weighted by molar-refractivity contribution is 0.103. The molecule has 4 nitrogen and oxygen atoms in total. The maximum Gasteiger partial charge on any atom is 0.268 e. The number of hydrogen-bond acceptors (Lipinski definition) is 4. The van der Waals surface area contributed by atoms with Gasteiger partial charge in [-0.15, -0.1) is 11.3 Å². The van der Waals surface area contributed by atoms with E-state index < -0.39 is 0 Å². The Morgan fingerprint density at radius 1 is 1.44 bits per heavy atom. The molecule has 2 aromatic heterocycles. The summed E-state index contributed by atoms with van der Waals surface area (Å²) >= 11 is 10.3. The van der Waals surface area contributed by atoms with Crippen molar-refractivity contribution in [2.24, 2.45) is 0 Å². The highest BCUT2D eigenvalue weighted by molar-refractivity contribution is 9.10. The summed E-state index contributed by atoms with van der Waals surface area (Å²) in [6, 6.07) is 1.67. The minimum Gasteiger partial charge on any atom is -0.305 e. The molecular formula is C9H5BrClN3OS. The molecule has 7 heteroatoms. The number of hydrogen-bond donors (Lipinski definition) is 1. The number of thiophene rings is 1. The van der Waals surface area contributed by atoms with Gasteiger partial charge in [0.2, 0.25) is 0 Å². The van der Waals surface area contributed by atoms with Gasteiger partial charge in [-0.05, 0) is 27.4 Å². The molecule has 0 saturated carbocycles. The van der Waals surface area contributed by atoms with Crippen molar-refractivity contribution in [2.45, 2.75) is 0 Å². The van der Waals surface area contributed by atoms with E-state index in [4.69, 9.17) is 11.6 Å². The summed E-state index contributed by atoms with van der Waals surface area (Å²) in [5, 5.41) is 4.80. The van der Waals surface area contributed by atoms with E-state index in [-0.39, 0.29) is 5.91 Å². The summed E-state index contributed by atoms with van der Waals surface area (Å²) in [7, 11) is 0. The molecule has 0 fully saturated rings. The first-order valence-corrected chi connectivity index (χ1v) is 6.24. The number of anilines is 1. The molecule has 0 atom stereocenters. The molecule has 16 heavy (non-hydrogen) atoms. The lowest BCUT2D eigenvalue weighted by Crippen LogP contribution is -2.11. The van der Waals surface area contributed by atoms with Crippen LogP contribution in [0.4, 0.5) is 5.82 Å². The van der Waals surface area contributed by atoms with Crippen LogP contribution in [0.2, 0.25) is 5.02 Å². The Kier molecular flexibility index (Phi) is 3.52. The second kappa shape index (κ2) is 4.90. The van der Waals surface area contributed by atoms with Crippen molar-refractivity contribution in [3.8, 4) is 0 Å². The van der Waals surface area contributed by atoms with Gasteiger partial charge >= 0.3 is 0 Å². The van der Waals surface area contributed by atoms with Gasteiger partial charge in [0.05, 0.1) is 17.4 Å². The highest BCUT2D eigenvalue weighted by Crippen LogP contribution is 2.22. The Morgan fingerprint density at radius 3 is 2.81 bits per heavy atom. The largest absolute Gasteiger partial charge is 0.305 e. The highest BCUT2D eigenvalue weighted by Gasteiger charge is 2.12. The van der Waals surface area contributed by atoms with Crippen molar-refractivity contribution in [1.82, 2.24) is 9.97 Å². The number of rotatable bonds is 2. The first kappa shape index (κ1) is 11.5. The van der Waals surface area contributed by atoms with Crippen LogP contribution in [0.15, 0.2) is 28.4 Å². The third-order valence-corrected chi connectivity index (χ3v) is 3.44. The van der Waals surface area contributed by atoms with E-state index in [1.165, 1.54) is 23.7 Å². The summed E-state index contributed by atoms with van der Waals surface area (Å²) < 4.78 is 0.611. The fourth-order valence-corrected chi connectivity index (χ4v) is 2.25. The smallest absolute Gasteiger partial charge is 0.268 e. The number of nitrogens with one attached hydrogen (secondary N) is 1. The van der Waals surface area contributed by atoms with Crippen molar-refractivity contribution in [3.05, 3.63) is 38.3 Å². The van der Waals surface area contributed by atoms with Gasteiger partial charge in [-0.3, -0.25) is 4.79 Å². The van der Waals surface area contributed by atoms with Crippen LogP contribution in [-0.2, 0) is 0 Å². The number of nitrogens with zero attached hydrogens (tertiary/aromatic N) is 2. The highest BCUT2D eigenvalue weighted by atomic mass is 79.9. The molecule has 0 spiro atoms. The van der Waals surface area contributed by atoms with Crippen LogP contribution in [-0.4, -0.2) is 15.9 Å². The molecule has 1 N–H and O–H groups in total. The second-order valence-electron chi connectivity index (χ2n) is 2.78. The SMILES string of the molecule is O=C(Nc1cnc(Br)cn1)c1sccc1Cl. The quantitative estimate of drug-likeness (QED) is 0.925.